The molecule has 1 aromatic rings. The first-order chi connectivity index (χ1) is 9.36. The Morgan fingerprint density at radius 2 is 2.05 bits per heavy atom. The van der Waals surface area contributed by atoms with E-state index in [0.717, 1.165) is 31.7 Å². The lowest BCUT2D eigenvalue weighted by molar-refractivity contribution is 0.328. The van der Waals surface area contributed by atoms with Crippen molar-refractivity contribution in [2.75, 3.05) is 37.8 Å². The summed E-state index contributed by atoms with van der Waals surface area (Å²) in [7, 11) is -1.44. The van der Waals surface area contributed by atoms with E-state index >= 15 is 0 Å². The van der Waals surface area contributed by atoms with Gasteiger partial charge in [-0.3, -0.25) is 0 Å². The van der Waals surface area contributed by atoms with E-state index in [2.05, 4.69) is 9.88 Å². The molecule has 7 heteroatoms. The molecule has 0 unspecified atom stereocenters. The summed E-state index contributed by atoms with van der Waals surface area (Å²) >= 11 is 5.83. The van der Waals surface area contributed by atoms with E-state index in [0.29, 0.717) is 17.5 Å². The van der Waals surface area contributed by atoms with Crippen LogP contribution in [0.5, 0.6) is 0 Å². The van der Waals surface area contributed by atoms with E-state index < -0.39 is 10.0 Å². The van der Waals surface area contributed by atoms with Crippen LogP contribution >= 0.6 is 11.6 Å². The first kappa shape index (κ1) is 15.5. The number of anilines is 1. The molecule has 0 atom stereocenters. The van der Waals surface area contributed by atoms with Gasteiger partial charge >= 0.3 is 0 Å². The van der Waals surface area contributed by atoms with Crippen molar-refractivity contribution in [1.29, 1.82) is 0 Å². The summed E-state index contributed by atoms with van der Waals surface area (Å²) in [4.78, 5) is 6.53. The van der Waals surface area contributed by atoms with Crippen LogP contribution in [0.1, 0.15) is 12.8 Å². The van der Waals surface area contributed by atoms with E-state index in [9.17, 15) is 8.42 Å². The minimum atomic E-state index is -3.08. The maximum absolute atomic E-state index is 11.4. The van der Waals surface area contributed by atoms with Crippen molar-refractivity contribution >= 4 is 27.4 Å². The van der Waals surface area contributed by atoms with Gasteiger partial charge in [0.15, 0.2) is 0 Å². The van der Waals surface area contributed by atoms with Gasteiger partial charge in [0.25, 0.3) is 0 Å². The summed E-state index contributed by atoms with van der Waals surface area (Å²) < 4.78 is 24.3. The number of aromatic nitrogens is 1. The second kappa shape index (κ2) is 6.28. The zero-order valence-electron chi connectivity index (χ0n) is 11.8. The lowest BCUT2D eigenvalue weighted by atomic mass is 9.97. The Balaban J connectivity index is 1.88. The number of hydrogen-bond acceptors (Lipinski definition) is 4. The van der Waals surface area contributed by atoms with Gasteiger partial charge < -0.3 is 4.90 Å². The van der Waals surface area contributed by atoms with Gasteiger partial charge in [-0.1, -0.05) is 11.6 Å². The molecule has 0 saturated carbocycles. The number of piperidine rings is 1. The molecule has 0 N–H and O–H groups in total. The van der Waals surface area contributed by atoms with E-state index in [1.807, 2.05) is 12.1 Å². The van der Waals surface area contributed by atoms with Crippen molar-refractivity contribution in [3.63, 3.8) is 0 Å². The zero-order valence-corrected chi connectivity index (χ0v) is 13.4. The molecular formula is C13H20ClN3O2S. The standard InChI is InChI=1S/C13H20ClN3O2S/c1-16(20(2,18)19)10-11-5-7-17(8-6-11)13-4-3-12(14)9-15-13/h3-4,9,11H,5-8,10H2,1-2H3. The average molecular weight is 318 g/mol. The predicted octanol–water partition coefficient (Wildman–Crippen LogP) is 1.84. The number of rotatable bonds is 4. The summed E-state index contributed by atoms with van der Waals surface area (Å²) in [6, 6.07) is 3.76. The Kier molecular flexibility index (Phi) is 4.88. The largest absolute Gasteiger partial charge is 0.357 e. The van der Waals surface area contributed by atoms with Crippen LogP contribution in [-0.2, 0) is 10.0 Å². The molecule has 1 aliphatic rings. The fourth-order valence-corrected chi connectivity index (χ4v) is 2.99. The Bertz CT molecular complexity index is 539. The fourth-order valence-electron chi connectivity index (χ4n) is 2.40. The molecule has 0 bridgehead atoms. The average Bonchev–Trinajstić information content (AvgIpc) is 2.39. The Morgan fingerprint density at radius 1 is 1.40 bits per heavy atom. The van der Waals surface area contributed by atoms with Gasteiger partial charge in [-0.25, -0.2) is 17.7 Å². The normalized spacial score (nSPS) is 17.7. The van der Waals surface area contributed by atoms with E-state index in [1.54, 1.807) is 13.2 Å². The first-order valence-corrected chi connectivity index (χ1v) is 8.86. The molecule has 2 rings (SSSR count). The van der Waals surface area contributed by atoms with E-state index in [4.69, 9.17) is 11.6 Å². The van der Waals surface area contributed by atoms with Crippen molar-refractivity contribution in [3.05, 3.63) is 23.4 Å². The summed E-state index contributed by atoms with van der Waals surface area (Å²) in [5, 5.41) is 0.637. The number of halogens is 1. The highest BCUT2D eigenvalue weighted by atomic mass is 35.5. The Hall–Kier alpha value is -0.850. The molecule has 0 amide bonds. The Morgan fingerprint density at radius 3 is 2.55 bits per heavy atom. The lowest BCUT2D eigenvalue weighted by Crippen LogP contribution is -2.39. The third-order valence-corrected chi connectivity index (χ3v) is 5.24. The molecule has 0 aliphatic carbocycles. The smallest absolute Gasteiger partial charge is 0.210 e. The number of sulfonamides is 1. The van der Waals surface area contributed by atoms with Crippen molar-refractivity contribution in [1.82, 2.24) is 9.29 Å². The maximum atomic E-state index is 11.4. The van der Waals surface area contributed by atoms with E-state index in [1.165, 1.54) is 10.6 Å². The van der Waals surface area contributed by atoms with Gasteiger partial charge in [-0.05, 0) is 30.9 Å². The first-order valence-electron chi connectivity index (χ1n) is 6.64. The highest BCUT2D eigenvalue weighted by Gasteiger charge is 2.23. The zero-order chi connectivity index (χ0) is 14.8. The predicted molar refractivity (Wildman–Crippen MR) is 81.7 cm³/mol. The van der Waals surface area contributed by atoms with E-state index in [-0.39, 0.29) is 0 Å². The number of nitrogens with zero attached hydrogens (tertiary/aromatic N) is 3. The van der Waals surface area contributed by atoms with Crippen molar-refractivity contribution < 1.29 is 8.42 Å². The van der Waals surface area contributed by atoms with Crippen LogP contribution in [0.15, 0.2) is 18.3 Å². The Labute approximate surface area is 125 Å². The van der Waals surface area contributed by atoms with Crippen LogP contribution in [0, 0.1) is 5.92 Å². The molecule has 1 aliphatic heterocycles. The highest BCUT2D eigenvalue weighted by Crippen LogP contribution is 2.23. The molecule has 1 fully saturated rings. The van der Waals surface area contributed by atoms with Crippen LogP contribution in [0.4, 0.5) is 5.82 Å². The van der Waals surface area contributed by atoms with Gasteiger partial charge in [-0.2, -0.15) is 0 Å². The molecule has 1 aromatic heterocycles. The fraction of sp³-hybridized carbons (Fsp3) is 0.615. The minimum Gasteiger partial charge on any atom is -0.357 e. The third-order valence-electron chi connectivity index (χ3n) is 3.73. The van der Waals surface area contributed by atoms with Crippen molar-refractivity contribution in [2.45, 2.75) is 12.8 Å². The molecule has 112 valence electrons. The molecule has 5 nitrogen and oxygen atoms in total. The molecule has 0 spiro atoms. The van der Waals surface area contributed by atoms with Crippen LogP contribution in [-0.4, -0.2) is 50.6 Å². The lowest BCUT2D eigenvalue weighted by Gasteiger charge is -2.34. The van der Waals surface area contributed by atoms with Crippen LogP contribution in [0.3, 0.4) is 0 Å². The summed E-state index contributed by atoms with van der Waals surface area (Å²) in [6.45, 7) is 2.40. The molecule has 1 saturated heterocycles. The molecule has 2 heterocycles. The minimum absolute atomic E-state index is 0.415. The van der Waals surface area contributed by atoms with Gasteiger partial charge in [0.2, 0.25) is 10.0 Å². The van der Waals surface area contributed by atoms with Gasteiger partial charge in [0.1, 0.15) is 5.82 Å². The summed E-state index contributed by atoms with van der Waals surface area (Å²) in [6.07, 6.45) is 4.86. The molecule has 20 heavy (non-hydrogen) atoms. The highest BCUT2D eigenvalue weighted by molar-refractivity contribution is 7.88. The van der Waals surface area contributed by atoms with Gasteiger partial charge in [-0.15, -0.1) is 0 Å². The second-order valence-corrected chi connectivity index (χ2v) is 7.83. The van der Waals surface area contributed by atoms with Crippen molar-refractivity contribution in [3.8, 4) is 0 Å². The monoisotopic (exact) mass is 317 g/mol. The number of hydrogen-bond donors (Lipinski definition) is 0. The van der Waals surface area contributed by atoms with Crippen molar-refractivity contribution in [2.24, 2.45) is 5.92 Å². The third kappa shape index (κ3) is 4.07. The molecule has 0 aromatic carbocycles. The van der Waals surface area contributed by atoms with Crippen LogP contribution in [0.25, 0.3) is 0 Å². The SMILES string of the molecule is CN(CC1CCN(c2ccc(Cl)cn2)CC1)S(C)(=O)=O. The second-order valence-electron chi connectivity index (χ2n) is 5.31. The van der Waals surface area contributed by atoms with Gasteiger partial charge in [0, 0.05) is 32.9 Å². The number of pyridine rings is 1. The maximum Gasteiger partial charge on any atom is 0.210 e. The molecule has 0 radical (unpaired) electrons. The quantitative estimate of drug-likeness (QED) is 0.850. The van der Waals surface area contributed by atoms with Gasteiger partial charge in [0.05, 0.1) is 11.3 Å². The van der Waals surface area contributed by atoms with Crippen LogP contribution in [0.2, 0.25) is 5.02 Å². The van der Waals surface area contributed by atoms with Crippen LogP contribution < -0.4 is 4.90 Å². The summed E-state index contributed by atoms with van der Waals surface area (Å²) in [5.41, 5.74) is 0. The topological polar surface area (TPSA) is 53.5 Å². The molecular weight excluding hydrogens is 298 g/mol. The summed E-state index contributed by atoms with van der Waals surface area (Å²) in [5.74, 6) is 1.35.